The van der Waals surface area contributed by atoms with E-state index in [-0.39, 0.29) is 5.84 Å². The average Bonchev–Trinajstić information content (AvgIpc) is 2.10. The van der Waals surface area contributed by atoms with Crippen LogP contribution >= 0.6 is 15.9 Å². The van der Waals surface area contributed by atoms with E-state index in [9.17, 15) is 0 Å². The van der Waals surface area contributed by atoms with E-state index < -0.39 is 0 Å². The molecule has 1 rings (SSSR count). The molecule has 5 heteroatoms. The lowest BCUT2D eigenvalue weighted by atomic mass is 10.4. The van der Waals surface area contributed by atoms with Gasteiger partial charge in [-0.1, -0.05) is 0 Å². The van der Waals surface area contributed by atoms with E-state index in [1.54, 1.807) is 17.9 Å². The van der Waals surface area contributed by atoms with Gasteiger partial charge < -0.3 is 5.73 Å². The van der Waals surface area contributed by atoms with Crippen LogP contribution in [-0.4, -0.2) is 15.6 Å². The predicted molar refractivity (Wildman–Crippen MR) is 41.9 cm³/mol. The minimum absolute atomic E-state index is 0.0209. The van der Waals surface area contributed by atoms with Crippen molar-refractivity contribution in [3.63, 3.8) is 0 Å². The van der Waals surface area contributed by atoms with Crippen LogP contribution in [0.15, 0.2) is 10.7 Å². The summed E-state index contributed by atoms with van der Waals surface area (Å²) in [7, 11) is 1.78. The predicted octanol–water partition coefficient (Wildman–Crippen LogP) is 0.467. The molecule has 4 nitrogen and oxygen atoms in total. The molecule has 0 fully saturated rings. The van der Waals surface area contributed by atoms with Gasteiger partial charge >= 0.3 is 0 Å². The molecule has 10 heavy (non-hydrogen) atoms. The van der Waals surface area contributed by atoms with Crippen LogP contribution in [0, 0.1) is 5.41 Å². The number of rotatable bonds is 1. The SMILES string of the molecule is Cn1cc(Br)c(C(=N)N)n1. The van der Waals surface area contributed by atoms with Gasteiger partial charge in [-0.15, -0.1) is 0 Å². The van der Waals surface area contributed by atoms with Crippen molar-refractivity contribution in [2.45, 2.75) is 0 Å². The Kier molecular flexibility index (Phi) is 1.76. The molecule has 1 aromatic rings. The van der Waals surface area contributed by atoms with Crippen LogP contribution in [0.2, 0.25) is 0 Å². The minimum atomic E-state index is -0.0209. The highest BCUT2D eigenvalue weighted by Gasteiger charge is 2.05. The van der Waals surface area contributed by atoms with Crippen molar-refractivity contribution in [2.75, 3.05) is 0 Å². The van der Waals surface area contributed by atoms with E-state index in [0.29, 0.717) is 5.69 Å². The Morgan fingerprint density at radius 1 is 1.90 bits per heavy atom. The fourth-order valence-electron chi connectivity index (χ4n) is 0.642. The number of nitrogens with one attached hydrogen (secondary N) is 1. The molecule has 1 aromatic heterocycles. The van der Waals surface area contributed by atoms with Crippen LogP contribution in [-0.2, 0) is 7.05 Å². The van der Waals surface area contributed by atoms with Gasteiger partial charge in [0.2, 0.25) is 0 Å². The minimum Gasteiger partial charge on any atom is -0.382 e. The standard InChI is InChI=1S/C5H7BrN4/c1-10-2-3(6)4(9-10)5(7)8/h2H,1H3,(H3,7,8). The molecule has 0 radical (unpaired) electrons. The first-order valence-corrected chi connectivity index (χ1v) is 3.44. The Morgan fingerprint density at radius 2 is 2.50 bits per heavy atom. The largest absolute Gasteiger partial charge is 0.382 e. The highest BCUT2D eigenvalue weighted by atomic mass is 79.9. The topological polar surface area (TPSA) is 67.7 Å². The highest BCUT2D eigenvalue weighted by molar-refractivity contribution is 9.10. The molecule has 0 spiro atoms. The molecule has 54 valence electrons. The Balaban J connectivity index is 3.15. The van der Waals surface area contributed by atoms with Crippen LogP contribution in [0.5, 0.6) is 0 Å². The lowest BCUT2D eigenvalue weighted by molar-refractivity contribution is 0.764. The first-order chi connectivity index (χ1) is 4.61. The number of aromatic nitrogens is 2. The van der Waals surface area contributed by atoms with Crippen LogP contribution < -0.4 is 5.73 Å². The zero-order valence-electron chi connectivity index (χ0n) is 5.43. The quantitative estimate of drug-likeness (QED) is 0.514. The van der Waals surface area contributed by atoms with Gasteiger partial charge in [0, 0.05) is 13.2 Å². The molecule has 0 aromatic carbocycles. The normalized spacial score (nSPS) is 9.80. The monoisotopic (exact) mass is 202 g/mol. The van der Waals surface area contributed by atoms with Crippen molar-refractivity contribution in [1.82, 2.24) is 9.78 Å². The third-order valence-corrected chi connectivity index (χ3v) is 1.62. The van der Waals surface area contributed by atoms with Gasteiger partial charge in [0.1, 0.15) is 11.5 Å². The molecule has 1 heterocycles. The first kappa shape index (κ1) is 7.27. The molecule has 0 saturated carbocycles. The second kappa shape index (κ2) is 2.42. The summed E-state index contributed by atoms with van der Waals surface area (Å²) in [6, 6.07) is 0. The molecule has 0 saturated heterocycles. The van der Waals surface area contributed by atoms with E-state index >= 15 is 0 Å². The van der Waals surface area contributed by atoms with Crippen LogP contribution in [0.1, 0.15) is 5.69 Å². The molecule has 3 N–H and O–H groups in total. The van der Waals surface area contributed by atoms with Crippen molar-refractivity contribution in [3.8, 4) is 0 Å². The number of amidine groups is 1. The van der Waals surface area contributed by atoms with Gasteiger partial charge in [0.15, 0.2) is 0 Å². The molecule has 0 atom stereocenters. The molecule has 0 unspecified atom stereocenters. The number of aryl methyl sites for hydroxylation is 1. The fourth-order valence-corrected chi connectivity index (χ4v) is 1.23. The summed E-state index contributed by atoms with van der Waals surface area (Å²) in [6.45, 7) is 0. The second-order valence-electron chi connectivity index (χ2n) is 1.91. The van der Waals surface area contributed by atoms with E-state index in [0.717, 1.165) is 4.47 Å². The van der Waals surface area contributed by atoms with Crippen molar-refractivity contribution in [1.29, 1.82) is 5.41 Å². The zero-order valence-corrected chi connectivity index (χ0v) is 7.01. The van der Waals surface area contributed by atoms with Crippen LogP contribution in [0.3, 0.4) is 0 Å². The maximum absolute atomic E-state index is 7.06. The van der Waals surface area contributed by atoms with E-state index in [1.165, 1.54) is 0 Å². The number of nitrogen functional groups attached to an aromatic ring is 1. The summed E-state index contributed by atoms with van der Waals surface area (Å²) in [5.74, 6) is -0.0209. The van der Waals surface area contributed by atoms with Crippen molar-refractivity contribution in [2.24, 2.45) is 12.8 Å². The van der Waals surface area contributed by atoms with Gasteiger partial charge in [-0.3, -0.25) is 10.1 Å². The fraction of sp³-hybridized carbons (Fsp3) is 0.200. The van der Waals surface area contributed by atoms with Gasteiger partial charge in [-0.05, 0) is 15.9 Å². The van der Waals surface area contributed by atoms with Crippen molar-refractivity contribution < 1.29 is 0 Å². The average molecular weight is 203 g/mol. The van der Waals surface area contributed by atoms with Gasteiger partial charge in [0.25, 0.3) is 0 Å². The van der Waals surface area contributed by atoms with Gasteiger partial charge in [-0.2, -0.15) is 5.10 Å². The molecule has 0 aliphatic carbocycles. The molecular weight excluding hydrogens is 196 g/mol. The maximum Gasteiger partial charge on any atom is 0.144 e. The van der Waals surface area contributed by atoms with Crippen molar-refractivity contribution >= 4 is 21.8 Å². The van der Waals surface area contributed by atoms with E-state index in [1.807, 2.05) is 0 Å². The van der Waals surface area contributed by atoms with Crippen LogP contribution in [0.4, 0.5) is 0 Å². The maximum atomic E-state index is 7.06. The van der Waals surface area contributed by atoms with Gasteiger partial charge in [0.05, 0.1) is 4.47 Å². The summed E-state index contributed by atoms with van der Waals surface area (Å²) >= 11 is 3.21. The Morgan fingerprint density at radius 3 is 2.70 bits per heavy atom. The third kappa shape index (κ3) is 1.18. The number of halogens is 1. The molecular formula is C5H7BrN4. The van der Waals surface area contributed by atoms with E-state index in [4.69, 9.17) is 11.1 Å². The summed E-state index contributed by atoms with van der Waals surface area (Å²) < 4.78 is 2.35. The number of hydrogen-bond acceptors (Lipinski definition) is 2. The highest BCUT2D eigenvalue weighted by Crippen LogP contribution is 2.12. The lowest BCUT2D eigenvalue weighted by Crippen LogP contribution is -2.12. The molecule has 0 bridgehead atoms. The number of nitrogens with two attached hydrogens (primary N) is 1. The molecule has 0 aliphatic heterocycles. The summed E-state index contributed by atoms with van der Waals surface area (Å²) in [5, 5.41) is 11.0. The molecule has 0 aliphatic rings. The first-order valence-electron chi connectivity index (χ1n) is 2.65. The Labute approximate surface area is 66.7 Å². The smallest absolute Gasteiger partial charge is 0.144 e. The number of nitrogens with zero attached hydrogens (tertiary/aromatic N) is 2. The van der Waals surface area contributed by atoms with E-state index in [2.05, 4.69) is 21.0 Å². The third-order valence-electron chi connectivity index (χ3n) is 1.04. The summed E-state index contributed by atoms with van der Waals surface area (Å²) in [6.07, 6.45) is 1.75. The Bertz CT molecular complexity index is 265. The molecule has 0 amide bonds. The van der Waals surface area contributed by atoms with Crippen molar-refractivity contribution in [3.05, 3.63) is 16.4 Å². The second-order valence-corrected chi connectivity index (χ2v) is 2.77. The van der Waals surface area contributed by atoms with Gasteiger partial charge in [-0.25, -0.2) is 0 Å². The zero-order chi connectivity index (χ0) is 7.72. The summed E-state index contributed by atoms with van der Waals surface area (Å²) in [4.78, 5) is 0. The van der Waals surface area contributed by atoms with Crippen LogP contribution in [0.25, 0.3) is 0 Å². The Hall–Kier alpha value is -0.840. The number of hydrogen-bond donors (Lipinski definition) is 2. The lowest BCUT2D eigenvalue weighted by Gasteiger charge is -1.88. The summed E-state index contributed by atoms with van der Waals surface area (Å²) in [5.41, 5.74) is 5.69.